The molecule has 2 rings (SSSR count). The number of nitrogens with zero attached hydrogens (tertiary/aromatic N) is 1. The van der Waals surface area contributed by atoms with Crippen LogP contribution in [0.1, 0.15) is 19.3 Å². The van der Waals surface area contributed by atoms with Gasteiger partial charge in [0.15, 0.2) is 0 Å². The Labute approximate surface area is 78.0 Å². The molecule has 1 saturated heterocycles. The van der Waals surface area contributed by atoms with Crippen LogP contribution in [0.25, 0.3) is 0 Å². The average molecular weight is 179 g/mol. The Morgan fingerprint density at radius 3 is 2.62 bits per heavy atom. The van der Waals surface area contributed by atoms with Crippen molar-refractivity contribution in [3.05, 3.63) is 0 Å². The minimum atomic E-state index is -0.160. The Bertz CT molecular complexity index is 246. The predicted molar refractivity (Wildman–Crippen MR) is 48.0 cm³/mol. The third-order valence-corrected chi connectivity index (χ3v) is 2.71. The van der Waals surface area contributed by atoms with Gasteiger partial charge in [-0.05, 0) is 19.3 Å². The molecule has 1 aliphatic heterocycles. The normalized spacial score (nSPS) is 31.2. The van der Waals surface area contributed by atoms with E-state index in [4.69, 9.17) is 11.2 Å². The van der Waals surface area contributed by atoms with Crippen molar-refractivity contribution in [2.75, 3.05) is 13.1 Å². The van der Waals surface area contributed by atoms with Gasteiger partial charge in [0, 0.05) is 19.0 Å². The molecule has 3 heteroatoms. The zero-order valence-corrected chi connectivity index (χ0v) is 7.53. The summed E-state index contributed by atoms with van der Waals surface area (Å²) in [5.74, 6) is 2.98. The number of terminal acetylenes is 1. The quantitative estimate of drug-likeness (QED) is 0.567. The van der Waals surface area contributed by atoms with Gasteiger partial charge >= 0.3 is 6.09 Å². The molecule has 2 fully saturated rings. The first-order valence-corrected chi connectivity index (χ1v) is 4.71. The number of carbonyl (C=O) groups is 1. The Hall–Kier alpha value is -1.17. The second-order valence-electron chi connectivity index (χ2n) is 3.68. The molecule has 0 N–H and O–H groups in total. The van der Waals surface area contributed by atoms with Crippen LogP contribution in [0.4, 0.5) is 4.79 Å². The van der Waals surface area contributed by atoms with E-state index in [1.54, 1.807) is 4.90 Å². The van der Waals surface area contributed by atoms with Gasteiger partial charge in [0.25, 0.3) is 0 Å². The van der Waals surface area contributed by atoms with E-state index < -0.39 is 0 Å². The number of hydrogen-bond acceptors (Lipinski definition) is 2. The Morgan fingerprint density at radius 1 is 1.46 bits per heavy atom. The van der Waals surface area contributed by atoms with Gasteiger partial charge in [-0.25, -0.2) is 4.79 Å². The first-order chi connectivity index (χ1) is 6.29. The lowest BCUT2D eigenvalue weighted by atomic mass is 9.83. The molecule has 0 aromatic rings. The highest BCUT2D eigenvalue weighted by atomic mass is 16.6. The van der Waals surface area contributed by atoms with Crippen LogP contribution in [0.2, 0.25) is 0 Å². The van der Waals surface area contributed by atoms with E-state index in [0.29, 0.717) is 5.92 Å². The van der Waals surface area contributed by atoms with E-state index in [2.05, 4.69) is 5.92 Å². The Kier molecular flexibility index (Phi) is 2.13. The molecule has 1 heterocycles. The van der Waals surface area contributed by atoms with Crippen molar-refractivity contribution in [1.29, 1.82) is 0 Å². The van der Waals surface area contributed by atoms with E-state index >= 15 is 0 Å². The van der Waals surface area contributed by atoms with Crippen LogP contribution in [0.15, 0.2) is 0 Å². The summed E-state index contributed by atoms with van der Waals surface area (Å²) in [7, 11) is 0. The molecule has 0 radical (unpaired) electrons. The molecule has 1 amide bonds. The molecule has 0 atom stereocenters. The minimum Gasteiger partial charge on any atom is -0.446 e. The van der Waals surface area contributed by atoms with Crippen molar-refractivity contribution >= 4 is 6.09 Å². The van der Waals surface area contributed by atoms with Crippen molar-refractivity contribution in [1.82, 2.24) is 4.90 Å². The van der Waals surface area contributed by atoms with Crippen LogP contribution in [0.3, 0.4) is 0 Å². The van der Waals surface area contributed by atoms with Gasteiger partial charge in [0.2, 0.25) is 0 Å². The second kappa shape index (κ2) is 3.29. The third kappa shape index (κ3) is 1.62. The zero-order valence-electron chi connectivity index (χ0n) is 7.53. The molecular weight excluding hydrogens is 166 g/mol. The highest BCUT2D eigenvalue weighted by molar-refractivity contribution is 5.68. The topological polar surface area (TPSA) is 29.5 Å². The molecular formula is C10H13NO2. The maximum Gasteiger partial charge on any atom is 0.410 e. The summed E-state index contributed by atoms with van der Waals surface area (Å²) < 4.78 is 5.21. The van der Waals surface area contributed by atoms with Crippen molar-refractivity contribution in [3.8, 4) is 12.3 Å². The standard InChI is InChI=1S/C10H13NO2/c1-2-8-6-9(7-8)13-10(12)11-4-3-5-11/h1,8-9H,3-7H2. The number of hydrogen-bond donors (Lipinski definition) is 0. The van der Waals surface area contributed by atoms with Crippen molar-refractivity contribution in [3.63, 3.8) is 0 Å². The number of rotatable bonds is 1. The van der Waals surface area contributed by atoms with E-state index in [1.165, 1.54) is 0 Å². The number of amides is 1. The summed E-state index contributed by atoms with van der Waals surface area (Å²) in [6, 6.07) is 0. The van der Waals surface area contributed by atoms with Crippen molar-refractivity contribution in [2.45, 2.75) is 25.4 Å². The molecule has 0 bridgehead atoms. The average Bonchev–Trinajstić information content (AvgIpc) is 1.92. The van der Waals surface area contributed by atoms with Crippen LogP contribution >= 0.6 is 0 Å². The number of carbonyl (C=O) groups excluding carboxylic acids is 1. The number of ether oxygens (including phenoxy) is 1. The Morgan fingerprint density at radius 2 is 2.15 bits per heavy atom. The molecule has 3 nitrogen and oxygen atoms in total. The van der Waals surface area contributed by atoms with E-state index in [0.717, 1.165) is 32.4 Å². The molecule has 0 spiro atoms. The van der Waals surface area contributed by atoms with Gasteiger partial charge in [0.1, 0.15) is 6.10 Å². The fourth-order valence-corrected chi connectivity index (χ4v) is 1.51. The minimum absolute atomic E-state index is 0.0779. The molecule has 70 valence electrons. The fraction of sp³-hybridized carbons (Fsp3) is 0.700. The maximum absolute atomic E-state index is 11.3. The number of likely N-dealkylation sites (tertiary alicyclic amines) is 1. The van der Waals surface area contributed by atoms with E-state index in [1.807, 2.05) is 0 Å². The Balaban J connectivity index is 1.68. The van der Waals surface area contributed by atoms with Crippen molar-refractivity contribution in [2.24, 2.45) is 5.92 Å². The monoisotopic (exact) mass is 179 g/mol. The van der Waals surface area contributed by atoms with Gasteiger partial charge < -0.3 is 9.64 Å². The second-order valence-corrected chi connectivity index (χ2v) is 3.68. The molecule has 0 aromatic heterocycles. The molecule has 2 aliphatic rings. The molecule has 0 aromatic carbocycles. The van der Waals surface area contributed by atoms with Crippen LogP contribution in [-0.4, -0.2) is 30.2 Å². The first-order valence-electron chi connectivity index (χ1n) is 4.71. The lowest BCUT2D eigenvalue weighted by Crippen LogP contribution is -2.45. The summed E-state index contributed by atoms with van der Waals surface area (Å²) in [5, 5.41) is 0. The highest BCUT2D eigenvalue weighted by Gasteiger charge is 2.33. The molecule has 13 heavy (non-hydrogen) atoms. The summed E-state index contributed by atoms with van der Waals surface area (Å²) in [5.41, 5.74) is 0. The van der Waals surface area contributed by atoms with Crippen LogP contribution in [0.5, 0.6) is 0 Å². The van der Waals surface area contributed by atoms with Gasteiger partial charge in [-0.2, -0.15) is 0 Å². The maximum atomic E-state index is 11.3. The van der Waals surface area contributed by atoms with Gasteiger partial charge in [0.05, 0.1) is 0 Å². The zero-order chi connectivity index (χ0) is 9.26. The molecule has 0 unspecified atom stereocenters. The fourth-order valence-electron chi connectivity index (χ4n) is 1.51. The van der Waals surface area contributed by atoms with Gasteiger partial charge in [-0.1, -0.05) is 0 Å². The van der Waals surface area contributed by atoms with E-state index in [-0.39, 0.29) is 12.2 Å². The lowest BCUT2D eigenvalue weighted by Gasteiger charge is -2.36. The van der Waals surface area contributed by atoms with Crippen LogP contribution in [0, 0.1) is 18.3 Å². The van der Waals surface area contributed by atoms with Crippen LogP contribution in [-0.2, 0) is 4.74 Å². The lowest BCUT2D eigenvalue weighted by molar-refractivity contribution is 0.00220. The van der Waals surface area contributed by atoms with Crippen LogP contribution < -0.4 is 0 Å². The predicted octanol–water partition coefficient (Wildman–Crippen LogP) is 1.24. The van der Waals surface area contributed by atoms with Crippen molar-refractivity contribution < 1.29 is 9.53 Å². The third-order valence-electron chi connectivity index (χ3n) is 2.71. The summed E-state index contributed by atoms with van der Waals surface area (Å²) in [4.78, 5) is 13.0. The molecule has 1 aliphatic carbocycles. The van der Waals surface area contributed by atoms with Gasteiger partial charge in [-0.3, -0.25) is 0 Å². The SMILES string of the molecule is C#CC1CC(OC(=O)N2CCC2)C1. The van der Waals surface area contributed by atoms with E-state index in [9.17, 15) is 4.79 Å². The largest absolute Gasteiger partial charge is 0.446 e. The first kappa shape index (κ1) is 8.43. The van der Waals surface area contributed by atoms with Gasteiger partial charge in [-0.15, -0.1) is 12.3 Å². The highest BCUT2D eigenvalue weighted by Crippen LogP contribution is 2.29. The molecule has 1 saturated carbocycles. The smallest absolute Gasteiger partial charge is 0.410 e. The summed E-state index contributed by atoms with van der Waals surface area (Å²) >= 11 is 0. The summed E-state index contributed by atoms with van der Waals surface area (Å²) in [6.07, 6.45) is 7.93. The summed E-state index contributed by atoms with van der Waals surface area (Å²) in [6.45, 7) is 1.70.